The minimum atomic E-state index is -0.356. The molecule has 3 unspecified atom stereocenters. The number of nitrogens with one attached hydrogen (secondary N) is 3. The number of fused-ring (bicyclic) bond motifs is 1. The van der Waals surface area contributed by atoms with Crippen LogP contribution in [0.25, 0.3) is 0 Å². The fraction of sp³-hybridized carbons (Fsp3) is 0.556. The number of carbonyl (C=O) groups is 5. The maximum atomic E-state index is 12.9. The quantitative estimate of drug-likeness (QED) is 0.150. The Bertz CT molecular complexity index is 1480. The van der Waals surface area contributed by atoms with E-state index in [-0.39, 0.29) is 39.3 Å². The molecule has 2 radical (unpaired) electrons. The summed E-state index contributed by atoms with van der Waals surface area (Å²) >= 11 is 1.49. The fourth-order valence-corrected chi connectivity index (χ4v) is 8.19. The maximum absolute atomic E-state index is 12.9. The summed E-state index contributed by atoms with van der Waals surface area (Å²) in [7, 11) is 0. The number of ether oxygens (including phenoxy) is 1. The summed E-state index contributed by atoms with van der Waals surface area (Å²) in [4.78, 5) is 68.3. The molecule has 3 N–H and O–H groups in total. The second-order valence-electron chi connectivity index (χ2n) is 13.5. The Kier molecular flexibility index (Phi) is 13.5. The molecule has 5 rings (SSSR count). The van der Waals surface area contributed by atoms with Gasteiger partial charge < -0.3 is 9.80 Å². The van der Waals surface area contributed by atoms with Crippen LogP contribution in [0.15, 0.2) is 36.7 Å². The number of aromatic nitrogens is 1. The van der Waals surface area contributed by atoms with Gasteiger partial charge in [0.1, 0.15) is 0 Å². The number of amides is 4. The standard InChI is InChI=1S/C36H47N6O6.Sb/c1-25(2-6-34(45)39-24-44)29-18-30(21-37-20-29)42-15-8-26(9-16-42)22-41-13-10-27(11-14-41)36(47)38-12-17-48-31-4-5-33-32(19-31)28(23-43)3-7-35(46)40-33;/h3-5,18-21,23-28H,2,6-17,22H2,1H3,(H,38,47)(H,40,46)(H,39,44,45);. The Morgan fingerprint density at radius 1 is 1.10 bits per heavy atom. The average molecular weight is 782 g/mol. The fourth-order valence-electron chi connectivity index (χ4n) is 7.05. The number of likely N-dealkylation sites (tertiary alicyclic amines) is 1. The molecule has 3 aliphatic rings. The number of hydrogen-bond acceptors (Lipinski definition) is 9. The van der Waals surface area contributed by atoms with Crippen molar-refractivity contribution in [3.05, 3.63) is 47.8 Å². The number of imide groups is 1. The number of benzene rings is 1. The zero-order chi connectivity index (χ0) is 34.8. The molecule has 3 atom stereocenters. The van der Waals surface area contributed by atoms with E-state index in [1.807, 2.05) is 18.5 Å². The van der Waals surface area contributed by atoms with Crippen molar-refractivity contribution in [1.29, 1.82) is 0 Å². The van der Waals surface area contributed by atoms with E-state index in [9.17, 15) is 24.0 Å². The van der Waals surface area contributed by atoms with E-state index in [1.165, 1.54) is 23.0 Å². The Labute approximate surface area is 302 Å². The monoisotopic (exact) mass is 780 g/mol. The van der Waals surface area contributed by atoms with E-state index in [0.717, 1.165) is 81.5 Å². The van der Waals surface area contributed by atoms with Crippen molar-refractivity contribution in [2.45, 2.75) is 67.6 Å². The molecule has 3 aliphatic heterocycles. The van der Waals surface area contributed by atoms with Crippen molar-refractivity contribution in [3.8, 4) is 5.75 Å². The summed E-state index contributed by atoms with van der Waals surface area (Å²) in [5.74, 6) is 0.793. The number of aldehydes is 1. The van der Waals surface area contributed by atoms with Crippen LogP contribution in [0.2, 0.25) is 3.86 Å². The van der Waals surface area contributed by atoms with E-state index in [0.29, 0.717) is 56.2 Å². The second kappa shape index (κ2) is 17.9. The number of piperidine rings is 2. The van der Waals surface area contributed by atoms with E-state index in [4.69, 9.17) is 4.74 Å². The molecular formula is C36H47N6O6Sb. The van der Waals surface area contributed by atoms with Gasteiger partial charge in [-0.15, -0.1) is 0 Å². The van der Waals surface area contributed by atoms with Gasteiger partial charge in [0, 0.05) is 32.3 Å². The van der Waals surface area contributed by atoms with Crippen molar-refractivity contribution in [2.75, 3.05) is 56.1 Å². The van der Waals surface area contributed by atoms with Gasteiger partial charge >= 0.3 is 154 Å². The van der Waals surface area contributed by atoms with Crippen LogP contribution in [0.1, 0.15) is 74.8 Å². The molecule has 1 aromatic carbocycles. The molecule has 0 spiro atoms. The third-order valence-corrected chi connectivity index (χ3v) is 11.5. The molecule has 0 saturated carbocycles. The van der Waals surface area contributed by atoms with Gasteiger partial charge in [0.25, 0.3) is 0 Å². The molecule has 262 valence electrons. The summed E-state index contributed by atoms with van der Waals surface area (Å²) in [5.41, 5.74) is 3.65. The van der Waals surface area contributed by atoms with Gasteiger partial charge in [0.2, 0.25) is 12.3 Å². The number of pyridine rings is 1. The first-order valence-corrected chi connectivity index (χ1v) is 18.8. The Balaban J connectivity index is 0.985. The molecule has 49 heavy (non-hydrogen) atoms. The minimum Gasteiger partial charge on any atom is -0.0321 e. The zero-order valence-electron chi connectivity index (χ0n) is 28.1. The summed E-state index contributed by atoms with van der Waals surface area (Å²) in [6.07, 6.45) is 10.3. The van der Waals surface area contributed by atoms with Gasteiger partial charge in [0.05, 0.1) is 11.9 Å². The molecule has 2 fully saturated rings. The van der Waals surface area contributed by atoms with Crippen molar-refractivity contribution in [3.63, 3.8) is 0 Å². The van der Waals surface area contributed by atoms with Crippen molar-refractivity contribution >= 4 is 64.8 Å². The van der Waals surface area contributed by atoms with Gasteiger partial charge in [-0.2, -0.15) is 0 Å². The van der Waals surface area contributed by atoms with Crippen LogP contribution in [-0.4, -0.2) is 109 Å². The first-order valence-electron chi connectivity index (χ1n) is 17.4. The number of hydrogen-bond donors (Lipinski definition) is 3. The SMILES string of the molecule is CC(CCC(=O)NC=O)c1cncc(N2CCC(CN3CCC(C(=O)NCCOc4ccc5c(c4)C(C=O)[CH]([Sb])CC(=O)N5)CC3)CC2)c1. The van der Waals surface area contributed by atoms with E-state index in [1.54, 1.807) is 12.1 Å². The first kappa shape index (κ1) is 36.8. The molecular weight excluding hydrogens is 734 g/mol. The van der Waals surface area contributed by atoms with Crippen LogP contribution in [0.5, 0.6) is 5.75 Å². The molecule has 13 heteroatoms. The first-order chi connectivity index (χ1) is 23.7. The smallest absolute Gasteiger partial charge is 0.0321 e. The topological polar surface area (TPSA) is 150 Å². The summed E-state index contributed by atoms with van der Waals surface area (Å²) in [5, 5.41) is 8.12. The molecule has 4 heterocycles. The number of rotatable bonds is 14. The third-order valence-electron chi connectivity index (χ3n) is 10.1. The van der Waals surface area contributed by atoms with Gasteiger partial charge in [-0.3, -0.25) is 19.9 Å². The Morgan fingerprint density at radius 2 is 1.88 bits per heavy atom. The van der Waals surface area contributed by atoms with Gasteiger partial charge in [-0.25, -0.2) is 0 Å². The normalized spacial score (nSPS) is 21.1. The summed E-state index contributed by atoms with van der Waals surface area (Å²) < 4.78 is 5.86. The Morgan fingerprint density at radius 3 is 2.61 bits per heavy atom. The van der Waals surface area contributed by atoms with Gasteiger partial charge in [0.15, 0.2) is 0 Å². The average Bonchev–Trinajstić information content (AvgIpc) is 3.23. The van der Waals surface area contributed by atoms with E-state index >= 15 is 0 Å². The summed E-state index contributed by atoms with van der Waals surface area (Å²) in [6.45, 7) is 7.66. The van der Waals surface area contributed by atoms with Crippen molar-refractivity contribution in [2.24, 2.45) is 11.8 Å². The molecule has 0 aliphatic carbocycles. The van der Waals surface area contributed by atoms with Crippen molar-refractivity contribution < 1.29 is 28.7 Å². The van der Waals surface area contributed by atoms with E-state index < -0.39 is 0 Å². The predicted octanol–water partition coefficient (Wildman–Crippen LogP) is 2.94. The van der Waals surface area contributed by atoms with E-state index in [2.05, 4.69) is 43.7 Å². The Hall–Kier alpha value is -3.50. The van der Waals surface area contributed by atoms with Gasteiger partial charge in [-0.05, 0) is 55.8 Å². The molecule has 2 aromatic rings. The molecule has 0 bridgehead atoms. The molecule has 4 amide bonds. The van der Waals surface area contributed by atoms with Crippen LogP contribution in [0, 0.1) is 11.8 Å². The van der Waals surface area contributed by atoms with Crippen molar-refractivity contribution in [1.82, 2.24) is 20.5 Å². The van der Waals surface area contributed by atoms with Crippen LogP contribution in [0.4, 0.5) is 11.4 Å². The van der Waals surface area contributed by atoms with Crippen LogP contribution >= 0.6 is 0 Å². The number of anilines is 2. The van der Waals surface area contributed by atoms with Crippen LogP contribution in [0.3, 0.4) is 0 Å². The number of carbonyl (C=O) groups excluding carboxylic acids is 5. The minimum absolute atomic E-state index is 0.00658. The second-order valence-corrected chi connectivity index (χ2v) is 15.4. The predicted molar refractivity (Wildman–Crippen MR) is 187 cm³/mol. The molecule has 2 saturated heterocycles. The molecule has 1 aromatic heterocycles. The van der Waals surface area contributed by atoms with Crippen LogP contribution in [-0.2, 0) is 24.0 Å². The summed E-state index contributed by atoms with van der Waals surface area (Å²) in [6, 6.07) is 7.57. The molecule has 12 nitrogen and oxygen atoms in total. The zero-order valence-corrected chi connectivity index (χ0v) is 30.7. The number of nitrogens with zero attached hydrogens (tertiary/aromatic N) is 3. The third kappa shape index (κ3) is 10.3. The van der Waals surface area contributed by atoms with Gasteiger partial charge in [-0.1, -0.05) is 6.92 Å². The van der Waals surface area contributed by atoms with Crippen LogP contribution < -0.4 is 25.6 Å².